The van der Waals surface area contributed by atoms with E-state index in [2.05, 4.69) is 16.0 Å². The van der Waals surface area contributed by atoms with Crippen LogP contribution < -0.4 is 5.73 Å². The van der Waals surface area contributed by atoms with Crippen LogP contribution in [0, 0.1) is 6.92 Å². The minimum atomic E-state index is 0.114. The van der Waals surface area contributed by atoms with Gasteiger partial charge in [-0.25, -0.2) is 0 Å². The minimum Gasteiger partial charge on any atom is -0.323 e. The summed E-state index contributed by atoms with van der Waals surface area (Å²) >= 11 is 0. The lowest BCUT2D eigenvalue weighted by Crippen LogP contribution is -2.41. The van der Waals surface area contributed by atoms with Crippen molar-refractivity contribution >= 4 is 0 Å². The molecule has 3 nitrogen and oxygen atoms in total. The van der Waals surface area contributed by atoms with Crippen LogP contribution in [0.5, 0.6) is 0 Å². The van der Waals surface area contributed by atoms with Crippen molar-refractivity contribution in [3.8, 4) is 0 Å². The van der Waals surface area contributed by atoms with Gasteiger partial charge in [0.1, 0.15) is 0 Å². The Labute approximate surface area is 84.9 Å². The first-order valence-corrected chi connectivity index (χ1v) is 5.15. The van der Waals surface area contributed by atoms with E-state index in [9.17, 15) is 0 Å². The van der Waals surface area contributed by atoms with E-state index in [0.29, 0.717) is 0 Å². The molecule has 1 aromatic heterocycles. The molecular formula is C11H17N3. The second-order valence-corrected chi connectivity index (χ2v) is 4.06. The average molecular weight is 191 g/mol. The highest BCUT2D eigenvalue weighted by molar-refractivity contribution is 5.20. The van der Waals surface area contributed by atoms with Gasteiger partial charge in [-0.3, -0.25) is 4.98 Å². The second-order valence-electron chi connectivity index (χ2n) is 4.06. The van der Waals surface area contributed by atoms with Gasteiger partial charge in [-0.15, -0.1) is 0 Å². The molecule has 1 aliphatic heterocycles. The van der Waals surface area contributed by atoms with E-state index in [-0.39, 0.29) is 6.04 Å². The quantitative estimate of drug-likeness (QED) is 0.777. The molecule has 1 aromatic rings. The van der Waals surface area contributed by atoms with Crippen LogP contribution in [-0.4, -0.2) is 29.5 Å². The van der Waals surface area contributed by atoms with E-state index in [1.54, 1.807) is 0 Å². The van der Waals surface area contributed by atoms with Crippen molar-refractivity contribution in [2.24, 2.45) is 5.73 Å². The molecule has 2 N–H and O–H groups in total. The molecule has 0 spiro atoms. The fraction of sp³-hybridized carbons (Fsp3) is 0.545. The summed E-state index contributed by atoms with van der Waals surface area (Å²) in [5.41, 5.74) is 8.42. The van der Waals surface area contributed by atoms with Gasteiger partial charge in [0, 0.05) is 25.0 Å². The maximum Gasteiger partial charge on any atom is 0.0439 e. The molecule has 1 fully saturated rings. The summed E-state index contributed by atoms with van der Waals surface area (Å²) in [6.07, 6.45) is 5.05. The monoisotopic (exact) mass is 191 g/mol. The van der Waals surface area contributed by atoms with Crippen molar-refractivity contribution < 1.29 is 0 Å². The number of aromatic nitrogens is 1. The zero-order valence-electron chi connectivity index (χ0n) is 8.61. The molecule has 76 valence electrons. The van der Waals surface area contributed by atoms with Gasteiger partial charge in [-0.1, -0.05) is 6.07 Å². The molecule has 1 aliphatic rings. The van der Waals surface area contributed by atoms with Gasteiger partial charge in [-0.05, 0) is 37.6 Å². The Morgan fingerprint density at radius 1 is 1.50 bits per heavy atom. The van der Waals surface area contributed by atoms with Crippen molar-refractivity contribution in [3.63, 3.8) is 0 Å². The highest BCUT2D eigenvalue weighted by atomic mass is 15.2. The Hall–Kier alpha value is -0.930. The molecule has 2 rings (SSSR count). The highest BCUT2D eigenvalue weighted by Crippen LogP contribution is 2.15. The van der Waals surface area contributed by atoms with E-state index >= 15 is 0 Å². The van der Waals surface area contributed by atoms with E-state index < -0.39 is 0 Å². The fourth-order valence-corrected chi connectivity index (χ4v) is 1.73. The smallest absolute Gasteiger partial charge is 0.0439 e. The lowest BCUT2D eigenvalue weighted by Gasteiger charge is -2.32. The van der Waals surface area contributed by atoms with Crippen LogP contribution in [0.4, 0.5) is 0 Å². The molecule has 0 bridgehead atoms. The van der Waals surface area contributed by atoms with Crippen LogP contribution in [0.2, 0.25) is 0 Å². The number of hydrogen-bond donors (Lipinski definition) is 1. The summed E-state index contributed by atoms with van der Waals surface area (Å²) in [6.45, 7) is 5.41. The number of nitrogens with zero attached hydrogens (tertiary/aromatic N) is 2. The Morgan fingerprint density at radius 3 is 2.86 bits per heavy atom. The van der Waals surface area contributed by atoms with Gasteiger partial charge in [0.2, 0.25) is 0 Å². The van der Waals surface area contributed by atoms with Crippen LogP contribution in [0.3, 0.4) is 0 Å². The number of rotatable bonds is 3. The predicted molar refractivity (Wildman–Crippen MR) is 57.0 cm³/mol. The summed E-state index contributed by atoms with van der Waals surface area (Å²) in [5, 5.41) is 0. The Morgan fingerprint density at radius 2 is 2.29 bits per heavy atom. The van der Waals surface area contributed by atoms with Crippen LogP contribution in [-0.2, 0) is 0 Å². The third-order valence-electron chi connectivity index (χ3n) is 2.73. The van der Waals surface area contributed by atoms with Crippen molar-refractivity contribution in [2.45, 2.75) is 19.4 Å². The molecule has 2 heterocycles. The molecule has 0 aliphatic carbocycles. The predicted octanol–water partition coefficient (Wildman–Crippen LogP) is 1.10. The number of pyridine rings is 1. The summed E-state index contributed by atoms with van der Waals surface area (Å²) in [7, 11) is 0. The van der Waals surface area contributed by atoms with Gasteiger partial charge >= 0.3 is 0 Å². The molecule has 1 unspecified atom stereocenters. The summed E-state index contributed by atoms with van der Waals surface area (Å²) < 4.78 is 0. The second kappa shape index (κ2) is 4.07. The topological polar surface area (TPSA) is 42.1 Å². The zero-order chi connectivity index (χ0) is 9.97. The molecule has 0 amide bonds. The van der Waals surface area contributed by atoms with Gasteiger partial charge < -0.3 is 10.6 Å². The number of aryl methyl sites for hydroxylation is 1. The van der Waals surface area contributed by atoms with Crippen LogP contribution in [0.25, 0.3) is 0 Å². The number of nitrogens with two attached hydrogens (primary N) is 1. The first kappa shape index (κ1) is 9.62. The van der Waals surface area contributed by atoms with Crippen LogP contribution in [0.1, 0.15) is 23.6 Å². The van der Waals surface area contributed by atoms with Crippen molar-refractivity contribution in [1.82, 2.24) is 9.88 Å². The Balaban J connectivity index is 1.98. The first-order valence-electron chi connectivity index (χ1n) is 5.15. The summed E-state index contributed by atoms with van der Waals surface area (Å²) in [5.74, 6) is 0. The van der Waals surface area contributed by atoms with Gasteiger partial charge in [-0.2, -0.15) is 0 Å². The average Bonchev–Trinajstić information content (AvgIpc) is 2.11. The summed E-state index contributed by atoms with van der Waals surface area (Å²) in [4.78, 5) is 6.54. The van der Waals surface area contributed by atoms with E-state index in [1.165, 1.54) is 25.1 Å². The number of likely N-dealkylation sites (tertiary alicyclic amines) is 1. The van der Waals surface area contributed by atoms with E-state index in [1.807, 2.05) is 19.3 Å². The highest BCUT2D eigenvalue weighted by Gasteiger charge is 2.17. The standard InChI is InChI=1S/C11H17N3/c1-9-5-10(7-13-6-9)11(12)8-14-3-2-4-14/h5-7,11H,2-4,8,12H2,1H3. The lowest BCUT2D eigenvalue weighted by molar-refractivity contribution is 0.170. The van der Waals surface area contributed by atoms with Gasteiger partial charge in [0.25, 0.3) is 0 Å². The first-order chi connectivity index (χ1) is 6.75. The summed E-state index contributed by atoms with van der Waals surface area (Å²) in [6, 6.07) is 2.24. The molecule has 0 aromatic carbocycles. The SMILES string of the molecule is Cc1cncc(C(N)CN2CCC2)c1. The van der Waals surface area contributed by atoms with Gasteiger partial charge in [0.05, 0.1) is 0 Å². The molecule has 14 heavy (non-hydrogen) atoms. The minimum absolute atomic E-state index is 0.114. The van der Waals surface area contributed by atoms with Crippen LogP contribution >= 0.6 is 0 Å². The third kappa shape index (κ3) is 2.11. The molecule has 0 radical (unpaired) electrons. The van der Waals surface area contributed by atoms with Crippen molar-refractivity contribution in [2.75, 3.05) is 19.6 Å². The van der Waals surface area contributed by atoms with E-state index in [0.717, 1.165) is 12.1 Å². The molecular weight excluding hydrogens is 174 g/mol. The number of hydrogen-bond acceptors (Lipinski definition) is 3. The molecule has 3 heteroatoms. The van der Waals surface area contributed by atoms with Crippen molar-refractivity contribution in [3.05, 3.63) is 29.6 Å². The lowest BCUT2D eigenvalue weighted by atomic mass is 10.1. The van der Waals surface area contributed by atoms with Gasteiger partial charge in [0.15, 0.2) is 0 Å². The Bertz CT molecular complexity index is 307. The van der Waals surface area contributed by atoms with Crippen molar-refractivity contribution in [1.29, 1.82) is 0 Å². The maximum atomic E-state index is 6.09. The Kier molecular flexibility index (Phi) is 2.79. The molecule has 1 saturated heterocycles. The maximum absolute atomic E-state index is 6.09. The zero-order valence-corrected chi connectivity index (χ0v) is 8.61. The molecule has 1 atom stereocenters. The normalized spacial score (nSPS) is 19.0. The molecule has 0 saturated carbocycles. The van der Waals surface area contributed by atoms with Crippen LogP contribution in [0.15, 0.2) is 18.5 Å². The largest absolute Gasteiger partial charge is 0.323 e. The third-order valence-corrected chi connectivity index (χ3v) is 2.73. The fourth-order valence-electron chi connectivity index (χ4n) is 1.73. The van der Waals surface area contributed by atoms with E-state index in [4.69, 9.17) is 5.73 Å².